The molecule has 1 aliphatic carbocycles. The van der Waals surface area contributed by atoms with Crippen molar-refractivity contribution in [3.05, 3.63) is 51.2 Å². The fourth-order valence-electron chi connectivity index (χ4n) is 3.03. The minimum atomic E-state index is -3.66. The molecule has 3 rings (SSSR count). The Kier molecular flexibility index (Phi) is 5.56. The number of aryl methyl sites for hydroxylation is 2. The summed E-state index contributed by atoms with van der Waals surface area (Å²) in [6.07, 6.45) is 6.50. The lowest BCUT2D eigenvalue weighted by Crippen LogP contribution is -2.24. The van der Waals surface area contributed by atoms with Crippen molar-refractivity contribution in [3.63, 3.8) is 0 Å². The summed E-state index contributed by atoms with van der Waals surface area (Å²) in [6, 6.07) is 8.46. The van der Waals surface area contributed by atoms with Gasteiger partial charge in [-0.3, -0.25) is 4.79 Å². The second-order valence-electron chi connectivity index (χ2n) is 6.31. The summed E-state index contributed by atoms with van der Waals surface area (Å²) >= 11 is 1.62. The topological polar surface area (TPSA) is 89.3 Å². The number of hydrogen-bond donors (Lipinski definition) is 2. The third kappa shape index (κ3) is 4.68. The Morgan fingerprint density at radius 2 is 1.84 bits per heavy atom. The maximum atomic E-state index is 12.3. The van der Waals surface area contributed by atoms with E-state index in [1.807, 2.05) is 6.07 Å². The van der Waals surface area contributed by atoms with Crippen LogP contribution in [0.4, 0.5) is 0 Å². The molecule has 0 radical (unpaired) electrons. The number of hydrogen-bond acceptors (Lipinski definition) is 4. The molecule has 0 atom stereocenters. The lowest BCUT2D eigenvalue weighted by molar-refractivity contribution is 0.0958. The van der Waals surface area contributed by atoms with Gasteiger partial charge in [-0.15, -0.1) is 11.3 Å². The number of fused-ring (bicyclic) bond motifs is 1. The molecule has 134 valence electrons. The van der Waals surface area contributed by atoms with Gasteiger partial charge in [-0.05, 0) is 61.4 Å². The lowest BCUT2D eigenvalue weighted by Gasteiger charge is -2.05. The highest BCUT2D eigenvalue weighted by Gasteiger charge is 2.16. The van der Waals surface area contributed by atoms with Crippen LogP contribution in [0, 0.1) is 0 Å². The fraction of sp³-hybridized carbons (Fsp3) is 0.389. The van der Waals surface area contributed by atoms with Gasteiger partial charge in [0.15, 0.2) is 0 Å². The van der Waals surface area contributed by atoms with Gasteiger partial charge >= 0.3 is 0 Å². The molecule has 0 saturated carbocycles. The summed E-state index contributed by atoms with van der Waals surface area (Å²) in [6.45, 7) is 0.510. The molecule has 0 spiro atoms. The summed E-state index contributed by atoms with van der Waals surface area (Å²) in [5.41, 5.74) is 2.29. The van der Waals surface area contributed by atoms with Gasteiger partial charge in [-0.2, -0.15) is 0 Å². The molecular formula is C18H22N2O3S2. The highest BCUT2D eigenvalue weighted by molar-refractivity contribution is 7.89. The zero-order valence-electron chi connectivity index (χ0n) is 14.0. The van der Waals surface area contributed by atoms with Gasteiger partial charge in [-0.1, -0.05) is 18.6 Å². The van der Waals surface area contributed by atoms with Crippen molar-refractivity contribution in [2.45, 2.75) is 43.4 Å². The summed E-state index contributed by atoms with van der Waals surface area (Å²) in [4.78, 5) is 14.6. The van der Waals surface area contributed by atoms with E-state index in [-0.39, 0.29) is 10.8 Å². The Hall–Kier alpha value is -1.70. The van der Waals surface area contributed by atoms with Crippen molar-refractivity contribution in [2.75, 3.05) is 6.54 Å². The van der Waals surface area contributed by atoms with Gasteiger partial charge in [0, 0.05) is 11.4 Å². The Bertz CT molecular complexity index is 831. The highest BCUT2D eigenvalue weighted by atomic mass is 32.2. The largest absolute Gasteiger partial charge is 0.351 e. The Morgan fingerprint density at radius 3 is 2.56 bits per heavy atom. The molecule has 1 aliphatic rings. The lowest BCUT2D eigenvalue weighted by atomic mass is 10.1. The zero-order chi connectivity index (χ0) is 17.9. The number of rotatable bonds is 5. The van der Waals surface area contributed by atoms with Crippen LogP contribution in [0.3, 0.4) is 0 Å². The van der Waals surface area contributed by atoms with Gasteiger partial charge < -0.3 is 5.32 Å². The second kappa shape index (κ2) is 7.68. The maximum Gasteiger partial charge on any atom is 0.261 e. The molecule has 3 N–H and O–H groups in total. The quantitative estimate of drug-likeness (QED) is 0.784. The molecule has 0 aliphatic heterocycles. The van der Waals surface area contributed by atoms with E-state index in [0.717, 1.165) is 23.3 Å². The number of thiophene rings is 1. The minimum absolute atomic E-state index is 0.0285. The van der Waals surface area contributed by atoms with Gasteiger partial charge in [0.1, 0.15) is 0 Å². The van der Waals surface area contributed by atoms with Crippen LogP contribution in [-0.4, -0.2) is 20.9 Å². The van der Waals surface area contributed by atoms with Crippen molar-refractivity contribution < 1.29 is 13.2 Å². The van der Waals surface area contributed by atoms with E-state index in [9.17, 15) is 13.2 Å². The van der Waals surface area contributed by atoms with Crippen LogP contribution in [0.15, 0.2) is 35.2 Å². The van der Waals surface area contributed by atoms with Crippen LogP contribution in [0.1, 0.15) is 44.9 Å². The Labute approximate surface area is 152 Å². The maximum absolute atomic E-state index is 12.3. The summed E-state index contributed by atoms with van der Waals surface area (Å²) < 4.78 is 22.5. The van der Waals surface area contributed by atoms with Crippen LogP contribution < -0.4 is 10.5 Å². The third-order valence-electron chi connectivity index (χ3n) is 4.42. The fourth-order valence-corrected chi connectivity index (χ4v) is 4.72. The molecule has 1 aromatic carbocycles. The molecule has 1 aromatic heterocycles. The molecular weight excluding hydrogens is 356 g/mol. The van der Waals surface area contributed by atoms with Crippen LogP contribution in [0.5, 0.6) is 0 Å². The number of benzene rings is 1. The van der Waals surface area contributed by atoms with Crippen LogP contribution >= 0.6 is 11.3 Å². The molecule has 25 heavy (non-hydrogen) atoms. The number of amides is 1. The van der Waals surface area contributed by atoms with Crippen molar-refractivity contribution in [2.24, 2.45) is 5.14 Å². The number of nitrogens with two attached hydrogens (primary N) is 1. The minimum Gasteiger partial charge on any atom is -0.351 e. The van der Waals surface area contributed by atoms with Gasteiger partial charge in [0.2, 0.25) is 10.0 Å². The van der Waals surface area contributed by atoms with E-state index >= 15 is 0 Å². The number of carbonyl (C=O) groups is 1. The average molecular weight is 379 g/mol. The normalized spacial score (nSPS) is 14.6. The number of carbonyl (C=O) groups excluding carboxylic acids is 1. The summed E-state index contributed by atoms with van der Waals surface area (Å²) in [5.74, 6) is -0.0285. The summed E-state index contributed by atoms with van der Waals surface area (Å²) in [7, 11) is -3.66. The molecule has 5 nitrogen and oxygen atoms in total. The van der Waals surface area contributed by atoms with Crippen LogP contribution in [0.2, 0.25) is 0 Å². The molecule has 1 amide bonds. The van der Waals surface area contributed by atoms with Crippen molar-refractivity contribution >= 4 is 27.3 Å². The molecule has 0 saturated heterocycles. The molecule has 0 bridgehead atoms. The van der Waals surface area contributed by atoms with Crippen LogP contribution in [0.25, 0.3) is 0 Å². The zero-order valence-corrected chi connectivity index (χ0v) is 15.6. The second-order valence-corrected chi connectivity index (χ2v) is 9.01. The number of nitrogens with one attached hydrogen (secondary N) is 1. The average Bonchev–Trinajstić information content (AvgIpc) is 2.85. The van der Waals surface area contributed by atoms with E-state index in [0.29, 0.717) is 13.0 Å². The van der Waals surface area contributed by atoms with Crippen molar-refractivity contribution in [1.29, 1.82) is 0 Å². The van der Waals surface area contributed by atoms with Gasteiger partial charge in [-0.25, -0.2) is 13.6 Å². The number of sulfonamides is 1. The van der Waals surface area contributed by atoms with E-state index in [1.165, 1.54) is 41.8 Å². The Morgan fingerprint density at radius 1 is 1.12 bits per heavy atom. The van der Waals surface area contributed by atoms with Crippen LogP contribution in [-0.2, 0) is 29.3 Å². The predicted octanol–water partition coefficient (Wildman–Crippen LogP) is 2.64. The third-order valence-corrected chi connectivity index (χ3v) is 6.59. The van der Waals surface area contributed by atoms with E-state index in [4.69, 9.17) is 5.14 Å². The first-order valence-corrected chi connectivity index (χ1v) is 10.8. The smallest absolute Gasteiger partial charge is 0.261 e. The molecule has 1 heterocycles. The molecule has 0 unspecified atom stereocenters. The SMILES string of the molecule is NS(=O)(=O)c1ccc(CCNC(=O)c2cc3c(s2)CCCCC3)cc1. The van der Waals surface area contributed by atoms with E-state index < -0.39 is 10.0 Å². The highest BCUT2D eigenvalue weighted by Crippen LogP contribution is 2.28. The first-order chi connectivity index (χ1) is 11.9. The van der Waals surface area contributed by atoms with Gasteiger partial charge in [0.05, 0.1) is 9.77 Å². The predicted molar refractivity (Wildman–Crippen MR) is 99.4 cm³/mol. The standard InChI is InChI=1S/C18H22N2O3S2/c19-25(22,23)15-8-6-13(7-9-15)10-11-20-18(21)17-12-14-4-2-1-3-5-16(14)24-17/h6-9,12H,1-5,10-11H2,(H,20,21)(H2,19,22,23). The first kappa shape index (κ1) is 18.1. The van der Waals surface area contributed by atoms with Gasteiger partial charge in [0.25, 0.3) is 5.91 Å². The van der Waals surface area contributed by atoms with E-state index in [2.05, 4.69) is 5.32 Å². The molecule has 0 fully saturated rings. The van der Waals surface area contributed by atoms with Crippen molar-refractivity contribution in [1.82, 2.24) is 5.32 Å². The molecule has 7 heteroatoms. The van der Waals surface area contributed by atoms with E-state index in [1.54, 1.807) is 23.5 Å². The Balaban J connectivity index is 1.54. The number of primary sulfonamides is 1. The summed E-state index contributed by atoms with van der Waals surface area (Å²) in [5, 5.41) is 8.02. The van der Waals surface area contributed by atoms with Crippen molar-refractivity contribution in [3.8, 4) is 0 Å². The molecule has 2 aromatic rings. The monoisotopic (exact) mass is 378 g/mol. The first-order valence-electron chi connectivity index (χ1n) is 8.45.